The fraction of sp³-hybridized carbons (Fsp3) is 0.273. The standard InChI is InChI=1S/C11H14N2.ClH/c1-12-8-10-7-9-5-3-4-6-11(9)13(10)2;/h3-7,12H,8H2,1-2H3;1H. The minimum atomic E-state index is 0. The Morgan fingerprint density at radius 2 is 2.00 bits per heavy atom. The van der Waals surface area contributed by atoms with Crippen LogP contribution in [0.1, 0.15) is 5.69 Å². The molecule has 0 aliphatic heterocycles. The Balaban J connectivity index is 0.000000980. The molecule has 2 rings (SSSR count). The first-order valence-corrected chi connectivity index (χ1v) is 4.51. The molecular formula is C11H15ClN2. The van der Waals surface area contributed by atoms with Gasteiger partial charge < -0.3 is 9.88 Å². The molecule has 2 aromatic rings. The van der Waals surface area contributed by atoms with E-state index in [1.165, 1.54) is 16.6 Å². The zero-order valence-corrected chi connectivity index (χ0v) is 9.27. The first kappa shape index (κ1) is 11.1. The second kappa shape index (κ2) is 4.49. The van der Waals surface area contributed by atoms with Crippen molar-refractivity contribution in [2.75, 3.05) is 7.05 Å². The minimum absolute atomic E-state index is 0. The Hall–Kier alpha value is -0.990. The highest BCUT2D eigenvalue weighted by molar-refractivity contribution is 5.85. The van der Waals surface area contributed by atoms with Crippen LogP contribution in [0.5, 0.6) is 0 Å². The third kappa shape index (κ3) is 1.76. The molecule has 1 N–H and O–H groups in total. The highest BCUT2D eigenvalue weighted by Crippen LogP contribution is 2.17. The maximum atomic E-state index is 3.16. The smallest absolute Gasteiger partial charge is 0.0480 e. The largest absolute Gasteiger partial charge is 0.346 e. The molecule has 0 unspecified atom stereocenters. The Morgan fingerprint density at radius 1 is 1.29 bits per heavy atom. The van der Waals surface area contributed by atoms with Crippen molar-refractivity contribution >= 4 is 23.3 Å². The molecule has 76 valence electrons. The molecule has 3 heteroatoms. The summed E-state index contributed by atoms with van der Waals surface area (Å²) in [6.45, 7) is 0.922. The molecule has 0 bridgehead atoms. The Bertz CT molecular complexity index is 420. The van der Waals surface area contributed by atoms with Crippen LogP contribution in [0.4, 0.5) is 0 Å². The lowest BCUT2D eigenvalue weighted by Crippen LogP contribution is -2.08. The van der Waals surface area contributed by atoms with Crippen molar-refractivity contribution in [1.82, 2.24) is 9.88 Å². The summed E-state index contributed by atoms with van der Waals surface area (Å²) in [4.78, 5) is 0. The molecule has 0 atom stereocenters. The van der Waals surface area contributed by atoms with E-state index in [4.69, 9.17) is 0 Å². The number of benzene rings is 1. The summed E-state index contributed by atoms with van der Waals surface area (Å²) >= 11 is 0. The quantitative estimate of drug-likeness (QED) is 0.805. The molecule has 14 heavy (non-hydrogen) atoms. The van der Waals surface area contributed by atoms with E-state index in [0.29, 0.717) is 0 Å². The van der Waals surface area contributed by atoms with E-state index in [2.05, 4.69) is 47.3 Å². The average Bonchev–Trinajstić information content (AvgIpc) is 2.46. The molecule has 0 aliphatic rings. The van der Waals surface area contributed by atoms with E-state index in [9.17, 15) is 0 Å². The van der Waals surface area contributed by atoms with Crippen LogP contribution in [-0.2, 0) is 13.6 Å². The molecule has 0 amide bonds. The van der Waals surface area contributed by atoms with Gasteiger partial charge >= 0.3 is 0 Å². The van der Waals surface area contributed by atoms with E-state index >= 15 is 0 Å². The highest BCUT2D eigenvalue weighted by atomic mass is 35.5. The van der Waals surface area contributed by atoms with Gasteiger partial charge in [-0.05, 0) is 24.6 Å². The van der Waals surface area contributed by atoms with Gasteiger partial charge in [0, 0.05) is 24.8 Å². The molecule has 2 nitrogen and oxygen atoms in total. The number of para-hydroxylation sites is 1. The number of aromatic nitrogens is 1. The highest BCUT2D eigenvalue weighted by Gasteiger charge is 2.02. The van der Waals surface area contributed by atoms with Crippen LogP contribution in [0.25, 0.3) is 10.9 Å². The van der Waals surface area contributed by atoms with Gasteiger partial charge in [0.25, 0.3) is 0 Å². The molecule has 0 spiro atoms. The topological polar surface area (TPSA) is 17.0 Å². The maximum Gasteiger partial charge on any atom is 0.0480 e. The molecule has 1 aromatic heterocycles. The molecule has 0 saturated carbocycles. The fourth-order valence-electron chi connectivity index (χ4n) is 1.70. The Kier molecular flexibility index (Phi) is 3.55. The molecule has 1 heterocycles. The summed E-state index contributed by atoms with van der Waals surface area (Å²) in [7, 11) is 4.08. The van der Waals surface area contributed by atoms with E-state index in [1.807, 2.05) is 7.05 Å². The van der Waals surface area contributed by atoms with Gasteiger partial charge in [-0.25, -0.2) is 0 Å². The zero-order chi connectivity index (χ0) is 9.26. The second-order valence-corrected chi connectivity index (χ2v) is 3.28. The number of rotatable bonds is 2. The Morgan fingerprint density at radius 3 is 2.64 bits per heavy atom. The van der Waals surface area contributed by atoms with Crippen LogP contribution in [0.3, 0.4) is 0 Å². The van der Waals surface area contributed by atoms with Crippen molar-refractivity contribution < 1.29 is 0 Å². The maximum absolute atomic E-state index is 3.16. The van der Waals surface area contributed by atoms with Crippen LogP contribution < -0.4 is 5.32 Å². The van der Waals surface area contributed by atoms with Crippen molar-refractivity contribution in [3.05, 3.63) is 36.0 Å². The van der Waals surface area contributed by atoms with E-state index in [-0.39, 0.29) is 12.4 Å². The van der Waals surface area contributed by atoms with Crippen LogP contribution in [-0.4, -0.2) is 11.6 Å². The fourth-order valence-corrected chi connectivity index (χ4v) is 1.70. The van der Waals surface area contributed by atoms with Crippen LogP contribution in [0.15, 0.2) is 30.3 Å². The Labute approximate surface area is 90.3 Å². The number of fused-ring (bicyclic) bond motifs is 1. The second-order valence-electron chi connectivity index (χ2n) is 3.28. The number of hydrogen-bond donors (Lipinski definition) is 1. The van der Waals surface area contributed by atoms with Crippen molar-refractivity contribution in [1.29, 1.82) is 0 Å². The predicted octanol–water partition coefficient (Wildman–Crippen LogP) is 2.32. The van der Waals surface area contributed by atoms with E-state index in [0.717, 1.165) is 6.54 Å². The third-order valence-corrected chi connectivity index (χ3v) is 2.41. The van der Waals surface area contributed by atoms with Crippen LogP contribution in [0, 0.1) is 0 Å². The van der Waals surface area contributed by atoms with Crippen LogP contribution in [0.2, 0.25) is 0 Å². The van der Waals surface area contributed by atoms with Gasteiger partial charge in [0.05, 0.1) is 0 Å². The number of halogens is 1. The first-order valence-electron chi connectivity index (χ1n) is 4.51. The minimum Gasteiger partial charge on any atom is -0.346 e. The predicted molar refractivity (Wildman–Crippen MR) is 62.9 cm³/mol. The molecule has 0 aliphatic carbocycles. The summed E-state index contributed by atoms with van der Waals surface area (Å²) < 4.78 is 2.23. The summed E-state index contributed by atoms with van der Waals surface area (Å²) in [6.07, 6.45) is 0. The van der Waals surface area contributed by atoms with Crippen molar-refractivity contribution in [3.8, 4) is 0 Å². The third-order valence-electron chi connectivity index (χ3n) is 2.41. The van der Waals surface area contributed by atoms with Crippen LogP contribution >= 0.6 is 12.4 Å². The molecular weight excluding hydrogens is 196 g/mol. The number of nitrogens with one attached hydrogen (secondary N) is 1. The van der Waals surface area contributed by atoms with Crippen molar-refractivity contribution in [2.24, 2.45) is 7.05 Å². The summed E-state index contributed by atoms with van der Waals surface area (Å²) in [5.41, 5.74) is 2.62. The lowest BCUT2D eigenvalue weighted by atomic mass is 10.2. The number of aryl methyl sites for hydroxylation is 1. The first-order chi connectivity index (χ1) is 6.33. The molecule has 1 aromatic carbocycles. The summed E-state index contributed by atoms with van der Waals surface area (Å²) in [5.74, 6) is 0. The average molecular weight is 211 g/mol. The number of hydrogen-bond acceptors (Lipinski definition) is 1. The summed E-state index contributed by atoms with van der Waals surface area (Å²) in [5, 5.41) is 4.48. The van der Waals surface area contributed by atoms with Gasteiger partial charge in [-0.15, -0.1) is 12.4 Å². The van der Waals surface area contributed by atoms with Crippen molar-refractivity contribution in [3.63, 3.8) is 0 Å². The van der Waals surface area contributed by atoms with Gasteiger partial charge in [-0.2, -0.15) is 0 Å². The molecule has 0 fully saturated rings. The van der Waals surface area contributed by atoms with Gasteiger partial charge in [-0.3, -0.25) is 0 Å². The lowest BCUT2D eigenvalue weighted by molar-refractivity contribution is 0.745. The number of nitrogens with zero attached hydrogens (tertiary/aromatic N) is 1. The monoisotopic (exact) mass is 210 g/mol. The SMILES string of the molecule is CNCc1cc2ccccc2n1C.Cl. The molecule has 0 saturated heterocycles. The van der Waals surface area contributed by atoms with E-state index < -0.39 is 0 Å². The van der Waals surface area contributed by atoms with Gasteiger partial charge in [0.1, 0.15) is 0 Å². The zero-order valence-electron chi connectivity index (χ0n) is 8.45. The van der Waals surface area contributed by atoms with Gasteiger partial charge in [0.2, 0.25) is 0 Å². The van der Waals surface area contributed by atoms with Crippen molar-refractivity contribution in [2.45, 2.75) is 6.54 Å². The van der Waals surface area contributed by atoms with Gasteiger partial charge in [-0.1, -0.05) is 18.2 Å². The normalized spacial score (nSPS) is 10.1. The van der Waals surface area contributed by atoms with Gasteiger partial charge in [0.15, 0.2) is 0 Å². The van der Waals surface area contributed by atoms with E-state index in [1.54, 1.807) is 0 Å². The summed E-state index contributed by atoms with van der Waals surface area (Å²) in [6, 6.07) is 10.7. The molecule has 0 radical (unpaired) electrons. The lowest BCUT2D eigenvalue weighted by Gasteiger charge is -2.02.